The third kappa shape index (κ3) is 12.5. The van der Waals surface area contributed by atoms with Crippen LogP contribution in [0.1, 0.15) is 109 Å². The van der Waals surface area contributed by atoms with E-state index in [9.17, 15) is 0 Å². The molecule has 28 heavy (non-hydrogen) atoms. The lowest BCUT2D eigenvalue weighted by Crippen LogP contribution is -2.41. The standard InChI is InChI=1S/2C11H23N.2C2H6/c2*1-9(2)11-6-5-7-12(8-11)10(3)4;2*1-2/h2*9-11H,5-8H2,1-4H3;2*1-2H3/t2*11-;;/m10../s1. The molecule has 0 aromatic rings. The van der Waals surface area contributed by atoms with E-state index in [0.29, 0.717) is 0 Å². The molecule has 2 nitrogen and oxygen atoms in total. The molecule has 0 aromatic carbocycles. The normalized spacial score (nSPS) is 23.6. The van der Waals surface area contributed by atoms with Gasteiger partial charge in [0.15, 0.2) is 0 Å². The maximum Gasteiger partial charge on any atom is 0.00387 e. The highest BCUT2D eigenvalue weighted by molar-refractivity contribution is 4.77. The number of hydrogen-bond donors (Lipinski definition) is 0. The second-order valence-corrected chi connectivity index (χ2v) is 9.47. The highest BCUT2D eigenvalue weighted by atomic mass is 15.2. The highest BCUT2D eigenvalue weighted by Gasteiger charge is 2.24. The largest absolute Gasteiger partial charge is 0.301 e. The van der Waals surface area contributed by atoms with Crippen LogP contribution < -0.4 is 0 Å². The Labute approximate surface area is 180 Å². The van der Waals surface area contributed by atoms with E-state index in [0.717, 1.165) is 35.8 Å². The SMILES string of the molecule is CC.CC.CC(C)[C@@H]1CCCN(C(C)C)C1.CC(C)[C@H]1CCCN(C(C)C)C1. The summed E-state index contributed by atoms with van der Waals surface area (Å²) < 4.78 is 0. The molecule has 2 heterocycles. The van der Waals surface area contributed by atoms with E-state index >= 15 is 0 Å². The van der Waals surface area contributed by atoms with Crippen LogP contribution in [0.5, 0.6) is 0 Å². The Balaban J connectivity index is 0. The van der Waals surface area contributed by atoms with Crippen LogP contribution >= 0.6 is 0 Å². The van der Waals surface area contributed by atoms with Crippen molar-refractivity contribution in [3.8, 4) is 0 Å². The second-order valence-electron chi connectivity index (χ2n) is 9.47. The molecular formula is C26H58N2. The molecule has 0 spiro atoms. The second kappa shape index (κ2) is 17.8. The van der Waals surface area contributed by atoms with Crippen LogP contribution in [-0.4, -0.2) is 48.1 Å². The van der Waals surface area contributed by atoms with Crippen LogP contribution in [0.15, 0.2) is 0 Å². The summed E-state index contributed by atoms with van der Waals surface area (Å²) in [4.78, 5) is 5.24. The van der Waals surface area contributed by atoms with Gasteiger partial charge in [-0.25, -0.2) is 0 Å². The van der Waals surface area contributed by atoms with Crippen LogP contribution in [0.25, 0.3) is 0 Å². The van der Waals surface area contributed by atoms with Crippen molar-refractivity contribution in [2.24, 2.45) is 23.7 Å². The molecule has 0 bridgehead atoms. The van der Waals surface area contributed by atoms with Gasteiger partial charge in [-0.15, -0.1) is 0 Å². The van der Waals surface area contributed by atoms with Crippen LogP contribution in [0, 0.1) is 23.7 Å². The van der Waals surface area contributed by atoms with Gasteiger partial charge in [-0.05, 0) is 90.1 Å². The molecular weight excluding hydrogens is 340 g/mol. The average Bonchev–Trinajstić information content (AvgIpc) is 2.71. The van der Waals surface area contributed by atoms with Crippen LogP contribution in [0.3, 0.4) is 0 Å². The summed E-state index contributed by atoms with van der Waals surface area (Å²) in [5, 5.41) is 0. The summed E-state index contributed by atoms with van der Waals surface area (Å²) in [5.74, 6) is 3.63. The predicted molar refractivity (Wildman–Crippen MR) is 131 cm³/mol. The molecule has 2 saturated heterocycles. The van der Waals surface area contributed by atoms with E-state index in [2.05, 4.69) is 65.2 Å². The van der Waals surface area contributed by atoms with Crippen LogP contribution in [0.4, 0.5) is 0 Å². The molecule has 0 unspecified atom stereocenters. The van der Waals surface area contributed by atoms with Crippen LogP contribution in [-0.2, 0) is 0 Å². The van der Waals surface area contributed by atoms with Gasteiger partial charge in [-0.3, -0.25) is 0 Å². The summed E-state index contributed by atoms with van der Waals surface area (Å²) in [5.41, 5.74) is 0. The number of hydrogen-bond acceptors (Lipinski definition) is 2. The van der Waals surface area contributed by atoms with E-state index in [1.807, 2.05) is 27.7 Å². The molecule has 0 aromatic heterocycles. The Morgan fingerprint density at radius 3 is 1.04 bits per heavy atom. The van der Waals surface area contributed by atoms with Crippen molar-refractivity contribution in [3.63, 3.8) is 0 Å². The fourth-order valence-electron chi connectivity index (χ4n) is 4.11. The first-order chi connectivity index (χ1) is 13.2. The summed E-state index contributed by atoms with van der Waals surface area (Å²) in [6.45, 7) is 32.0. The van der Waals surface area contributed by atoms with Gasteiger partial charge in [0.1, 0.15) is 0 Å². The molecule has 172 valence electrons. The van der Waals surface area contributed by atoms with Crippen molar-refractivity contribution in [1.82, 2.24) is 9.80 Å². The quantitative estimate of drug-likeness (QED) is 0.481. The fraction of sp³-hybridized carbons (Fsp3) is 1.00. The molecule has 2 fully saturated rings. The molecule has 0 saturated carbocycles. The van der Waals surface area contributed by atoms with Gasteiger partial charge in [0, 0.05) is 25.2 Å². The lowest BCUT2D eigenvalue weighted by molar-refractivity contribution is 0.117. The molecule has 2 heteroatoms. The van der Waals surface area contributed by atoms with Gasteiger partial charge in [0.25, 0.3) is 0 Å². The first kappa shape index (κ1) is 30.1. The van der Waals surface area contributed by atoms with E-state index < -0.39 is 0 Å². The summed E-state index contributed by atoms with van der Waals surface area (Å²) >= 11 is 0. The zero-order valence-corrected chi connectivity index (χ0v) is 22.0. The smallest absolute Gasteiger partial charge is 0.00387 e. The van der Waals surface area contributed by atoms with E-state index in [1.165, 1.54) is 51.9 Å². The molecule has 2 aliphatic heterocycles. The van der Waals surface area contributed by atoms with Crippen LogP contribution in [0.2, 0.25) is 0 Å². The Bertz CT molecular complexity index is 262. The minimum Gasteiger partial charge on any atom is -0.301 e. The highest BCUT2D eigenvalue weighted by Crippen LogP contribution is 2.25. The maximum atomic E-state index is 2.62. The number of likely N-dealkylation sites (tertiary alicyclic amines) is 2. The fourth-order valence-corrected chi connectivity index (χ4v) is 4.11. The first-order valence-electron chi connectivity index (χ1n) is 12.7. The van der Waals surface area contributed by atoms with Gasteiger partial charge in [0.2, 0.25) is 0 Å². The lowest BCUT2D eigenvalue weighted by Gasteiger charge is -2.37. The monoisotopic (exact) mass is 398 g/mol. The third-order valence-electron chi connectivity index (χ3n) is 6.32. The summed E-state index contributed by atoms with van der Waals surface area (Å²) in [7, 11) is 0. The number of rotatable bonds is 4. The molecule has 0 radical (unpaired) electrons. The van der Waals surface area contributed by atoms with Gasteiger partial charge < -0.3 is 9.80 Å². The van der Waals surface area contributed by atoms with Crippen molar-refractivity contribution in [2.45, 2.75) is 121 Å². The Kier molecular flexibility index (Phi) is 19.1. The average molecular weight is 399 g/mol. The molecule has 2 atom stereocenters. The zero-order chi connectivity index (χ0) is 22.3. The van der Waals surface area contributed by atoms with Gasteiger partial charge in [-0.1, -0.05) is 55.4 Å². The first-order valence-corrected chi connectivity index (χ1v) is 12.7. The molecule has 2 aliphatic rings. The minimum atomic E-state index is 0.742. The van der Waals surface area contributed by atoms with E-state index in [1.54, 1.807) is 0 Å². The van der Waals surface area contributed by atoms with Crippen molar-refractivity contribution in [3.05, 3.63) is 0 Å². The summed E-state index contributed by atoms with van der Waals surface area (Å²) in [6, 6.07) is 1.48. The Morgan fingerprint density at radius 1 is 0.536 bits per heavy atom. The van der Waals surface area contributed by atoms with Gasteiger partial charge >= 0.3 is 0 Å². The number of piperidine rings is 2. The summed E-state index contributed by atoms with van der Waals surface area (Å²) in [6.07, 6.45) is 5.70. The van der Waals surface area contributed by atoms with E-state index in [-0.39, 0.29) is 0 Å². The Hall–Kier alpha value is -0.0800. The van der Waals surface area contributed by atoms with Crippen molar-refractivity contribution in [2.75, 3.05) is 26.2 Å². The van der Waals surface area contributed by atoms with Crippen molar-refractivity contribution >= 4 is 0 Å². The molecule has 2 rings (SSSR count). The molecule has 0 aliphatic carbocycles. The third-order valence-corrected chi connectivity index (χ3v) is 6.32. The van der Waals surface area contributed by atoms with Crippen molar-refractivity contribution < 1.29 is 0 Å². The predicted octanol–water partition coefficient (Wildman–Crippen LogP) is 7.58. The minimum absolute atomic E-state index is 0.742. The zero-order valence-electron chi connectivity index (χ0n) is 22.0. The van der Waals surface area contributed by atoms with Crippen molar-refractivity contribution in [1.29, 1.82) is 0 Å². The van der Waals surface area contributed by atoms with E-state index in [4.69, 9.17) is 0 Å². The Morgan fingerprint density at radius 2 is 0.821 bits per heavy atom. The maximum absolute atomic E-state index is 2.62. The lowest BCUT2D eigenvalue weighted by atomic mass is 9.87. The van der Waals surface area contributed by atoms with Gasteiger partial charge in [0.05, 0.1) is 0 Å². The number of nitrogens with zero attached hydrogens (tertiary/aromatic N) is 2. The molecule has 0 N–H and O–H groups in total. The topological polar surface area (TPSA) is 6.48 Å². The molecule has 0 amide bonds. The van der Waals surface area contributed by atoms with Gasteiger partial charge in [-0.2, -0.15) is 0 Å².